The molecule has 2 fully saturated rings. The lowest BCUT2D eigenvalue weighted by Gasteiger charge is -2.36. The van der Waals surface area contributed by atoms with Gasteiger partial charge in [0.25, 0.3) is 0 Å². The number of nitrogens with one attached hydrogen (secondary N) is 1. The van der Waals surface area contributed by atoms with Gasteiger partial charge in [-0.15, -0.1) is 0 Å². The summed E-state index contributed by atoms with van der Waals surface area (Å²) in [6.45, 7) is 6.06. The number of carbonyl (C=O) groups is 1. The monoisotopic (exact) mass is 425 g/mol. The first-order valence-electron chi connectivity index (χ1n) is 11.3. The molecule has 2 heterocycles. The fourth-order valence-electron chi connectivity index (χ4n) is 4.66. The lowest BCUT2D eigenvalue weighted by atomic mass is 9.96. The molecule has 0 spiro atoms. The van der Waals surface area contributed by atoms with E-state index in [1.54, 1.807) is 12.1 Å². The average Bonchev–Trinajstić information content (AvgIpc) is 2.81. The van der Waals surface area contributed by atoms with Gasteiger partial charge in [0.1, 0.15) is 5.82 Å². The van der Waals surface area contributed by atoms with E-state index in [1.165, 1.54) is 11.6 Å². The summed E-state index contributed by atoms with van der Waals surface area (Å²) < 4.78 is 19.4. The zero-order valence-electron chi connectivity index (χ0n) is 18.0. The third-order valence-electron chi connectivity index (χ3n) is 6.31. The number of morpholine rings is 1. The maximum Gasteiger partial charge on any atom is 0.224 e. The first-order valence-corrected chi connectivity index (χ1v) is 11.3. The summed E-state index contributed by atoms with van der Waals surface area (Å²) in [6.07, 6.45) is 1.95. The van der Waals surface area contributed by atoms with Gasteiger partial charge in [-0.1, -0.05) is 42.5 Å². The third kappa shape index (κ3) is 6.12. The van der Waals surface area contributed by atoms with Crippen molar-refractivity contribution in [2.75, 3.05) is 45.9 Å². The molecular formula is C25H32FN3O2. The predicted molar refractivity (Wildman–Crippen MR) is 119 cm³/mol. The van der Waals surface area contributed by atoms with Crippen LogP contribution in [0.5, 0.6) is 0 Å². The Morgan fingerprint density at radius 1 is 1.10 bits per heavy atom. The van der Waals surface area contributed by atoms with Crippen molar-refractivity contribution in [1.82, 2.24) is 15.1 Å². The smallest absolute Gasteiger partial charge is 0.224 e. The standard InChI is InChI=1S/C25H32FN3O2/c26-23-10-4-8-21(16-23)24(29-12-14-31-15-13-29)17-27-25(30)22-9-5-11-28(19-22)18-20-6-2-1-3-7-20/h1-4,6-8,10,16,22,24H,5,9,11-15,17-19H2,(H,27,30). The molecule has 0 aromatic heterocycles. The van der Waals surface area contributed by atoms with Crippen LogP contribution in [0.15, 0.2) is 54.6 Å². The Morgan fingerprint density at radius 2 is 1.90 bits per heavy atom. The highest BCUT2D eigenvalue weighted by Crippen LogP contribution is 2.23. The molecule has 5 nitrogen and oxygen atoms in total. The van der Waals surface area contributed by atoms with Crippen LogP contribution in [0.25, 0.3) is 0 Å². The van der Waals surface area contributed by atoms with Crippen molar-refractivity contribution >= 4 is 5.91 Å². The van der Waals surface area contributed by atoms with E-state index in [1.807, 2.05) is 12.1 Å². The minimum absolute atomic E-state index is 0.00434. The van der Waals surface area contributed by atoms with Crippen molar-refractivity contribution in [2.24, 2.45) is 5.92 Å². The van der Waals surface area contributed by atoms with Gasteiger partial charge in [-0.2, -0.15) is 0 Å². The van der Waals surface area contributed by atoms with Crippen molar-refractivity contribution < 1.29 is 13.9 Å². The van der Waals surface area contributed by atoms with Gasteiger partial charge < -0.3 is 10.1 Å². The minimum atomic E-state index is -0.245. The molecular weight excluding hydrogens is 393 g/mol. The number of likely N-dealkylation sites (tertiary alicyclic amines) is 1. The summed E-state index contributed by atoms with van der Waals surface area (Å²) in [5.74, 6) is -0.145. The lowest BCUT2D eigenvalue weighted by molar-refractivity contribution is -0.127. The molecule has 2 unspecified atom stereocenters. The first kappa shape index (κ1) is 21.9. The van der Waals surface area contributed by atoms with E-state index in [2.05, 4.69) is 39.4 Å². The van der Waals surface area contributed by atoms with Gasteiger partial charge in [0.15, 0.2) is 0 Å². The van der Waals surface area contributed by atoms with Crippen LogP contribution in [-0.2, 0) is 16.1 Å². The van der Waals surface area contributed by atoms with Gasteiger partial charge >= 0.3 is 0 Å². The molecule has 0 saturated carbocycles. The van der Waals surface area contributed by atoms with E-state index in [9.17, 15) is 9.18 Å². The fraction of sp³-hybridized carbons (Fsp3) is 0.480. The SMILES string of the molecule is O=C(NCC(c1cccc(F)c1)N1CCOCC1)C1CCCN(Cc2ccccc2)C1. The van der Waals surface area contributed by atoms with Crippen LogP contribution in [0.3, 0.4) is 0 Å². The van der Waals surface area contributed by atoms with Crippen LogP contribution < -0.4 is 5.32 Å². The maximum atomic E-state index is 13.9. The van der Waals surface area contributed by atoms with Crippen LogP contribution in [0, 0.1) is 11.7 Å². The first-order chi connectivity index (χ1) is 15.2. The van der Waals surface area contributed by atoms with E-state index >= 15 is 0 Å². The summed E-state index contributed by atoms with van der Waals surface area (Å²) >= 11 is 0. The number of hydrogen-bond acceptors (Lipinski definition) is 4. The number of carbonyl (C=O) groups excluding carboxylic acids is 1. The van der Waals surface area contributed by atoms with Crippen LogP contribution in [0.4, 0.5) is 4.39 Å². The number of benzene rings is 2. The summed E-state index contributed by atoms with van der Waals surface area (Å²) in [5.41, 5.74) is 2.18. The van der Waals surface area contributed by atoms with Crippen molar-refractivity contribution in [1.29, 1.82) is 0 Å². The van der Waals surface area contributed by atoms with Gasteiger partial charge in [0, 0.05) is 32.7 Å². The zero-order valence-corrected chi connectivity index (χ0v) is 18.0. The molecule has 0 bridgehead atoms. The number of hydrogen-bond donors (Lipinski definition) is 1. The highest BCUT2D eigenvalue weighted by atomic mass is 19.1. The van der Waals surface area contributed by atoms with Crippen LogP contribution in [-0.4, -0.2) is 61.6 Å². The summed E-state index contributed by atoms with van der Waals surface area (Å²) in [6, 6.07) is 17.1. The fourth-order valence-corrected chi connectivity index (χ4v) is 4.66. The van der Waals surface area contributed by atoms with E-state index in [4.69, 9.17) is 4.74 Å². The number of rotatable bonds is 7. The molecule has 2 saturated heterocycles. The highest BCUT2D eigenvalue weighted by molar-refractivity contribution is 5.79. The molecule has 4 rings (SSSR count). The second-order valence-electron chi connectivity index (χ2n) is 8.52. The number of piperidine rings is 1. The van der Waals surface area contributed by atoms with Crippen molar-refractivity contribution in [2.45, 2.75) is 25.4 Å². The molecule has 2 aliphatic rings. The number of amides is 1. The summed E-state index contributed by atoms with van der Waals surface area (Å²) in [4.78, 5) is 17.7. The van der Waals surface area contributed by atoms with Gasteiger partial charge in [-0.05, 0) is 42.6 Å². The van der Waals surface area contributed by atoms with E-state index in [0.717, 1.165) is 51.1 Å². The second kappa shape index (κ2) is 10.8. The third-order valence-corrected chi connectivity index (χ3v) is 6.31. The van der Waals surface area contributed by atoms with Crippen LogP contribution >= 0.6 is 0 Å². The maximum absolute atomic E-state index is 13.9. The summed E-state index contributed by atoms with van der Waals surface area (Å²) in [5, 5.41) is 3.18. The van der Waals surface area contributed by atoms with E-state index in [0.29, 0.717) is 19.8 Å². The highest BCUT2D eigenvalue weighted by Gasteiger charge is 2.28. The molecule has 0 aliphatic carbocycles. The Kier molecular flexibility index (Phi) is 7.67. The lowest BCUT2D eigenvalue weighted by Crippen LogP contribution is -2.47. The number of nitrogens with zero attached hydrogens (tertiary/aromatic N) is 2. The van der Waals surface area contributed by atoms with Crippen molar-refractivity contribution in [3.8, 4) is 0 Å². The molecule has 2 atom stereocenters. The normalized spacial score (nSPS) is 21.5. The largest absolute Gasteiger partial charge is 0.379 e. The van der Waals surface area contributed by atoms with Crippen LogP contribution in [0.2, 0.25) is 0 Å². The molecule has 2 aromatic carbocycles. The molecule has 0 radical (unpaired) electrons. The quantitative estimate of drug-likeness (QED) is 0.740. The van der Waals surface area contributed by atoms with Gasteiger partial charge in [0.05, 0.1) is 25.2 Å². The second-order valence-corrected chi connectivity index (χ2v) is 8.52. The van der Waals surface area contributed by atoms with Crippen LogP contribution in [0.1, 0.15) is 30.0 Å². The Hall–Kier alpha value is -2.28. The van der Waals surface area contributed by atoms with Gasteiger partial charge in [0.2, 0.25) is 5.91 Å². The number of halogens is 1. The average molecular weight is 426 g/mol. The molecule has 1 amide bonds. The Bertz CT molecular complexity index is 842. The molecule has 2 aliphatic heterocycles. The topological polar surface area (TPSA) is 44.8 Å². The molecule has 1 N–H and O–H groups in total. The zero-order chi connectivity index (χ0) is 21.5. The Morgan fingerprint density at radius 3 is 2.68 bits per heavy atom. The van der Waals surface area contributed by atoms with Gasteiger partial charge in [-0.3, -0.25) is 14.6 Å². The van der Waals surface area contributed by atoms with Crippen molar-refractivity contribution in [3.05, 3.63) is 71.5 Å². The van der Waals surface area contributed by atoms with Crippen molar-refractivity contribution in [3.63, 3.8) is 0 Å². The molecule has 31 heavy (non-hydrogen) atoms. The summed E-state index contributed by atoms with van der Waals surface area (Å²) in [7, 11) is 0. The number of ether oxygens (including phenoxy) is 1. The Labute approximate surface area is 184 Å². The predicted octanol–water partition coefficient (Wildman–Crippen LogP) is 3.23. The Balaban J connectivity index is 1.36. The van der Waals surface area contributed by atoms with E-state index < -0.39 is 0 Å². The minimum Gasteiger partial charge on any atom is -0.379 e. The molecule has 6 heteroatoms. The molecule has 2 aromatic rings. The van der Waals surface area contributed by atoms with Gasteiger partial charge in [-0.25, -0.2) is 4.39 Å². The molecule has 166 valence electrons. The van der Waals surface area contributed by atoms with E-state index in [-0.39, 0.29) is 23.7 Å².